The molecule has 0 heterocycles. The lowest BCUT2D eigenvalue weighted by Gasteiger charge is -2.16. The molecule has 1 aliphatic rings. The molecule has 98 valence electrons. The van der Waals surface area contributed by atoms with Crippen LogP contribution in [-0.4, -0.2) is 31.0 Å². The molecule has 0 radical (unpaired) electrons. The van der Waals surface area contributed by atoms with Crippen LogP contribution in [0.1, 0.15) is 23.2 Å². The van der Waals surface area contributed by atoms with E-state index in [2.05, 4.69) is 21.2 Å². The van der Waals surface area contributed by atoms with Crippen molar-refractivity contribution in [3.8, 4) is 11.5 Å². The molecule has 1 aliphatic carbocycles. The minimum Gasteiger partial charge on any atom is -0.497 e. The quantitative estimate of drug-likeness (QED) is 0.849. The first-order chi connectivity index (χ1) is 8.64. The van der Waals surface area contributed by atoms with Crippen LogP contribution in [-0.2, 0) is 0 Å². The third kappa shape index (κ3) is 2.61. The number of amides is 1. The molecule has 1 fully saturated rings. The van der Waals surface area contributed by atoms with Crippen LogP contribution in [0.15, 0.2) is 18.2 Å². The van der Waals surface area contributed by atoms with Gasteiger partial charge >= 0.3 is 0 Å². The number of halogens is 1. The number of hydrogen-bond acceptors (Lipinski definition) is 3. The van der Waals surface area contributed by atoms with E-state index in [9.17, 15) is 4.79 Å². The summed E-state index contributed by atoms with van der Waals surface area (Å²) in [5.74, 6) is 1.08. The molecule has 1 N–H and O–H groups in total. The van der Waals surface area contributed by atoms with E-state index in [1.54, 1.807) is 32.4 Å². The molecule has 0 bridgehead atoms. The number of ether oxygens (including phenoxy) is 2. The number of methoxy groups -OCH3 is 2. The van der Waals surface area contributed by atoms with E-state index in [1.807, 2.05) is 0 Å². The summed E-state index contributed by atoms with van der Waals surface area (Å²) in [6.07, 6.45) is 2.02. The highest BCUT2D eigenvalue weighted by atomic mass is 79.9. The van der Waals surface area contributed by atoms with Crippen molar-refractivity contribution in [3.63, 3.8) is 0 Å². The van der Waals surface area contributed by atoms with Crippen LogP contribution < -0.4 is 14.8 Å². The largest absolute Gasteiger partial charge is 0.497 e. The zero-order chi connectivity index (χ0) is 13.2. The van der Waals surface area contributed by atoms with Crippen molar-refractivity contribution in [1.29, 1.82) is 0 Å². The molecule has 0 saturated heterocycles. The van der Waals surface area contributed by atoms with Crippen molar-refractivity contribution in [2.75, 3.05) is 19.5 Å². The zero-order valence-corrected chi connectivity index (χ0v) is 12.0. The molecular weight excluding hydrogens is 298 g/mol. The zero-order valence-electron chi connectivity index (χ0n) is 10.5. The molecule has 0 spiro atoms. The lowest BCUT2D eigenvalue weighted by atomic mass is 10.1. The summed E-state index contributed by atoms with van der Waals surface area (Å²) in [7, 11) is 3.13. The highest BCUT2D eigenvalue weighted by Gasteiger charge is 2.43. The minimum absolute atomic E-state index is 0.0782. The molecule has 1 aromatic rings. The first-order valence-corrected chi connectivity index (χ1v) is 6.87. The van der Waals surface area contributed by atoms with Gasteiger partial charge in [0.1, 0.15) is 11.5 Å². The third-order valence-electron chi connectivity index (χ3n) is 3.14. The van der Waals surface area contributed by atoms with Crippen LogP contribution in [0.3, 0.4) is 0 Å². The molecule has 4 nitrogen and oxygen atoms in total. The standard InChI is InChI=1S/C13H16BrNO3/c1-17-9-3-4-11(18-2)10(7-9)12(16)15-13(8-14)5-6-13/h3-4,7H,5-6,8H2,1-2H3,(H,15,16). The highest BCUT2D eigenvalue weighted by Crippen LogP contribution is 2.37. The number of carbonyl (C=O) groups is 1. The summed E-state index contributed by atoms with van der Waals surface area (Å²) in [6, 6.07) is 5.20. The second-order valence-corrected chi connectivity index (χ2v) is 5.00. The predicted octanol–water partition coefficient (Wildman–Crippen LogP) is 2.36. The SMILES string of the molecule is COc1ccc(OC)c(C(=O)NC2(CBr)CC2)c1. The first kappa shape index (κ1) is 13.2. The number of carbonyl (C=O) groups excluding carboxylic acids is 1. The van der Waals surface area contributed by atoms with Crippen molar-refractivity contribution in [2.45, 2.75) is 18.4 Å². The van der Waals surface area contributed by atoms with Crippen LogP contribution in [0.25, 0.3) is 0 Å². The summed E-state index contributed by atoms with van der Waals surface area (Å²) in [5, 5.41) is 3.81. The van der Waals surface area contributed by atoms with Crippen LogP contribution in [0.4, 0.5) is 0 Å². The number of rotatable bonds is 5. The van der Waals surface area contributed by atoms with Gasteiger partial charge in [-0.1, -0.05) is 15.9 Å². The van der Waals surface area contributed by atoms with Gasteiger partial charge in [0.25, 0.3) is 5.91 Å². The average Bonchev–Trinajstić information content (AvgIpc) is 3.18. The van der Waals surface area contributed by atoms with Crippen LogP contribution in [0.5, 0.6) is 11.5 Å². The summed E-state index contributed by atoms with van der Waals surface area (Å²) in [6.45, 7) is 0. The maximum atomic E-state index is 12.2. The first-order valence-electron chi connectivity index (χ1n) is 5.74. The normalized spacial score (nSPS) is 15.9. The Bertz CT molecular complexity index is 458. The molecule has 0 aromatic heterocycles. The monoisotopic (exact) mass is 313 g/mol. The van der Waals surface area contributed by atoms with Crippen LogP contribution in [0, 0.1) is 0 Å². The lowest BCUT2D eigenvalue weighted by molar-refractivity contribution is 0.0933. The van der Waals surface area contributed by atoms with Gasteiger partial charge in [0.2, 0.25) is 0 Å². The lowest BCUT2D eigenvalue weighted by Crippen LogP contribution is -2.38. The van der Waals surface area contributed by atoms with Crippen LogP contribution in [0.2, 0.25) is 0 Å². The number of hydrogen-bond donors (Lipinski definition) is 1. The fourth-order valence-electron chi connectivity index (χ4n) is 1.74. The molecule has 0 unspecified atom stereocenters. The fourth-order valence-corrected chi connectivity index (χ4v) is 2.44. The summed E-state index contributed by atoms with van der Waals surface area (Å²) in [4.78, 5) is 12.2. The summed E-state index contributed by atoms with van der Waals surface area (Å²) < 4.78 is 10.3. The highest BCUT2D eigenvalue weighted by molar-refractivity contribution is 9.09. The molecule has 2 rings (SSSR count). The van der Waals surface area contributed by atoms with Gasteiger partial charge in [-0.15, -0.1) is 0 Å². The average molecular weight is 314 g/mol. The second kappa shape index (κ2) is 5.18. The molecule has 18 heavy (non-hydrogen) atoms. The molecule has 5 heteroatoms. The van der Waals surface area contributed by atoms with Gasteiger partial charge < -0.3 is 14.8 Å². The van der Waals surface area contributed by atoms with Gasteiger partial charge in [0.05, 0.1) is 25.3 Å². The van der Waals surface area contributed by atoms with E-state index in [1.165, 1.54) is 0 Å². The van der Waals surface area contributed by atoms with E-state index in [0.29, 0.717) is 17.1 Å². The van der Waals surface area contributed by atoms with Gasteiger partial charge in [-0.2, -0.15) is 0 Å². The van der Waals surface area contributed by atoms with Crippen molar-refractivity contribution in [2.24, 2.45) is 0 Å². The summed E-state index contributed by atoms with van der Waals surface area (Å²) >= 11 is 3.43. The van der Waals surface area contributed by atoms with Gasteiger partial charge in [-0.05, 0) is 31.0 Å². The van der Waals surface area contributed by atoms with Crippen molar-refractivity contribution < 1.29 is 14.3 Å². The number of nitrogens with one attached hydrogen (secondary N) is 1. The van der Waals surface area contributed by atoms with E-state index < -0.39 is 0 Å². The number of alkyl halides is 1. The van der Waals surface area contributed by atoms with Gasteiger partial charge in [-0.3, -0.25) is 4.79 Å². The van der Waals surface area contributed by atoms with E-state index in [0.717, 1.165) is 18.2 Å². The Balaban J connectivity index is 2.22. The minimum atomic E-state index is -0.122. The fraction of sp³-hybridized carbons (Fsp3) is 0.462. The van der Waals surface area contributed by atoms with E-state index >= 15 is 0 Å². The Labute approximate surface area is 115 Å². The van der Waals surface area contributed by atoms with Gasteiger partial charge in [-0.25, -0.2) is 0 Å². The van der Waals surface area contributed by atoms with Crippen molar-refractivity contribution in [3.05, 3.63) is 23.8 Å². The molecule has 1 saturated carbocycles. The van der Waals surface area contributed by atoms with Gasteiger partial charge in [0, 0.05) is 5.33 Å². The Hall–Kier alpha value is -1.23. The van der Waals surface area contributed by atoms with E-state index in [-0.39, 0.29) is 11.4 Å². The maximum Gasteiger partial charge on any atom is 0.255 e. The van der Waals surface area contributed by atoms with Crippen molar-refractivity contribution in [1.82, 2.24) is 5.32 Å². The molecular formula is C13H16BrNO3. The Morgan fingerprint density at radius 1 is 1.39 bits per heavy atom. The smallest absolute Gasteiger partial charge is 0.255 e. The van der Waals surface area contributed by atoms with Crippen molar-refractivity contribution >= 4 is 21.8 Å². The molecule has 1 aromatic carbocycles. The molecule has 0 atom stereocenters. The van der Waals surface area contributed by atoms with Gasteiger partial charge in [0.15, 0.2) is 0 Å². The topological polar surface area (TPSA) is 47.6 Å². The number of benzene rings is 1. The Kier molecular flexibility index (Phi) is 3.80. The molecule has 0 aliphatic heterocycles. The second-order valence-electron chi connectivity index (χ2n) is 4.43. The summed E-state index contributed by atoms with van der Waals surface area (Å²) in [5.41, 5.74) is 0.426. The van der Waals surface area contributed by atoms with Crippen LogP contribution >= 0.6 is 15.9 Å². The Morgan fingerprint density at radius 2 is 2.11 bits per heavy atom. The van der Waals surface area contributed by atoms with E-state index in [4.69, 9.17) is 9.47 Å². The third-order valence-corrected chi connectivity index (χ3v) is 4.21. The maximum absolute atomic E-state index is 12.2. The predicted molar refractivity (Wildman–Crippen MR) is 72.8 cm³/mol. The molecule has 1 amide bonds. The Morgan fingerprint density at radius 3 is 2.61 bits per heavy atom.